The number of hydrogen-bond donors (Lipinski definition) is 2. The fourth-order valence-electron chi connectivity index (χ4n) is 2.58. The molecule has 0 radical (unpaired) electrons. The number of hydrogen-bond acceptors (Lipinski definition) is 2. The molecule has 0 amide bonds. The highest BCUT2D eigenvalue weighted by molar-refractivity contribution is 5.37. The number of nitrogens with two attached hydrogens (primary N) is 1. The van der Waals surface area contributed by atoms with Gasteiger partial charge in [-0.25, -0.2) is 0 Å². The molecule has 0 aliphatic carbocycles. The minimum Gasteiger partial charge on any atom is -0.271 e. The first-order valence-electron chi connectivity index (χ1n) is 6.69. The van der Waals surface area contributed by atoms with Crippen LogP contribution < -0.4 is 11.3 Å². The van der Waals surface area contributed by atoms with Crippen LogP contribution in [0.3, 0.4) is 0 Å². The molecule has 1 unspecified atom stereocenters. The van der Waals surface area contributed by atoms with Gasteiger partial charge in [-0.1, -0.05) is 48.0 Å². The van der Waals surface area contributed by atoms with Crippen molar-refractivity contribution in [2.75, 3.05) is 0 Å². The van der Waals surface area contributed by atoms with E-state index in [1.165, 1.54) is 27.8 Å². The molecular formula is C17H22N2. The molecule has 2 rings (SSSR count). The molecule has 1 atom stereocenters. The van der Waals surface area contributed by atoms with E-state index in [1.54, 1.807) is 0 Å². The average molecular weight is 254 g/mol. The van der Waals surface area contributed by atoms with Crippen LogP contribution in [-0.4, -0.2) is 0 Å². The zero-order chi connectivity index (χ0) is 13.8. The van der Waals surface area contributed by atoms with Crippen LogP contribution in [0, 0.1) is 20.8 Å². The van der Waals surface area contributed by atoms with E-state index in [0.717, 1.165) is 6.42 Å². The Morgan fingerprint density at radius 2 is 1.53 bits per heavy atom. The van der Waals surface area contributed by atoms with E-state index in [9.17, 15) is 0 Å². The summed E-state index contributed by atoms with van der Waals surface area (Å²) in [6.45, 7) is 6.39. The zero-order valence-corrected chi connectivity index (χ0v) is 11.9. The first-order chi connectivity index (χ1) is 9.11. The Hall–Kier alpha value is -1.64. The summed E-state index contributed by atoms with van der Waals surface area (Å²) in [4.78, 5) is 0. The topological polar surface area (TPSA) is 38.0 Å². The van der Waals surface area contributed by atoms with Crippen molar-refractivity contribution in [3.8, 4) is 0 Å². The first kappa shape index (κ1) is 13.8. The standard InChI is InChI=1S/C17H22N2/c1-12-7-9-15(10-8-12)11-16(19-18)17-13(2)5-4-6-14(17)3/h4-10,16,19H,11,18H2,1-3H3. The molecule has 2 aromatic rings. The molecule has 2 heteroatoms. The maximum Gasteiger partial charge on any atom is 0.0505 e. The molecule has 0 saturated carbocycles. The fraction of sp³-hybridized carbons (Fsp3) is 0.294. The third-order valence-corrected chi connectivity index (χ3v) is 3.65. The number of nitrogens with one attached hydrogen (secondary N) is 1. The molecule has 100 valence electrons. The quantitative estimate of drug-likeness (QED) is 0.648. The second-order valence-corrected chi connectivity index (χ2v) is 5.21. The Morgan fingerprint density at radius 1 is 0.947 bits per heavy atom. The summed E-state index contributed by atoms with van der Waals surface area (Å²) in [5, 5.41) is 0. The Bertz CT molecular complexity index is 523. The number of aryl methyl sites for hydroxylation is 3. The van der Waals surface area contributed by atoms with Crippen LogP contribution in [0.4, 0.5) is 0 Å². The third-order valence-electron chi connectivity index (χ3n) is 3.65. The molecule has 2 aromatic carbocycles. The monoisotopic (exact) mass is 254 g/mol. The summed E-state index contributed by atoms with van der Waals surface area (Å²) in [6, 6.07) is 15.2. The van der Waals surface area contributed by atoms with Crippen molar-refractivity contribution in [1.82, 2.24) is 5.43 Å². The summed E-state index contributed by atoms with van der Waals surface area (Å²) in [5.41, 5.74) is 9.44. The van der Waals surface area contributed by atoms with Crippen molar-refractivity contribution >= 4 is 0 Å². The lowest BCUT2D eigenvalue weighted by Crippen LogP contribution is -2.30. The Labute approximate surface area is 115 Å². The van der Waals surface area contributed by atoms with Gasteiger partial charge in [-0.15, -0.1) is 0 Å². The molecule has 0 heterocycles. The summed E-state index contributed by atoms with van der Waals surface area (Å²) >= 11 is 0. The summed E-state index contributed by atoms with van der Waals surface area (Å²) in [5.74, 6) is 5.77. The van der Waals surface area contributed by atoms with Crippen LogP contribution in [0.1, 0.15) is 33.9 Å². The Morgan fingerprint density at radius 3 is 2.05 bits per heavy atom. The van der Waals surface area contributed by atoms with Crippen molar-refractivity contribution in [3.05, 3.63) is 70.3 Å². The molecular weight excluding hydrogens is 232 g/mol. The predicted molar refractivity (Wildman–Crippen MR) is 80.9 cm³/mol. The molecule has 2 nitrogen and oxygen atoms in total. The summed E-state index contributed by atoms with van der Waals surface area (Å²) < 4.78 is 0. The molecule has 0 aromatic heterocycles. The van der Waals surface area contributed by atoms with E-state index < -0.39 is 0 Å². The van der Waals surface area contributed by atoms with Crippen LogP contribution in [0.2, 0.25) is 0 Å². The first-order valence-corrected chi connectivity index (χ1v) is 6.69. The maximum absolute atomic E-state index is 5.77. The van der Waals surface area contributed by atoms with Gasteiger partial charge >= 0.3 is 0 Å². The van der Waals surface area contributed by atoms with Crippen LogP contribution >= 0.6 is 0 Å². The van der Waals surface area contributed by atoms with E-state index in [1.807, 2.05) is 0 Å². The van der Waals surface area contributed by atoms with Gasteiger partial charge < -0.3 is 0 Å². The van der Waals surface area contributed by atoms with Crippen molar-refractivity contribution in [3.63, 3.8) is 0 Å². The van der Waals surface area contributed by atoms with Gasteiger partial charge in [-0.05, 0) is 49.4 Å². The van der Waals surface area contributed by atoms with Gasteiger partial charge in [0.15, 0.2) is 0 Å². The average Bonchev–Trinajstić information content (AvgIpc) is 2.39. The van der Waals surface area contributed by atoms with Crippen molar-refractivity contribution in [2.45, 2.75) is 33.2 Å². The van der Waals surface area contributed by atoms with Crippen molar-refractivity contribution in [2.24, 2.45) is 5.84 Å². The minimum atomic E-state index is 0.156. The highest BCUT2D eigenvalue weighted by Crippen LogP contribution is 2.24. The van der Waals surface area contributed by atoms with Gasteiger partial charge in [0.05, 0.1) is 6.04 Å². The third kappa shape index (κ3) is 3.22. The van der Waals surface area contributed by atoms with Gasteiger partial charge in [-0.3, -0.25) is 11.3 Å². The highest BCUT2D eigenvalue weighted by atomic mass is 15.2. The van der Waals surface area contributed by atoms with Gasteiger partial charge in [0.1, 0.15) is 0 Å². The van der Waals surface area contributed by atoms with Gasteiger partial charge in [0, 0.05) is 0 Å². The molecule has 0 fully saturated rings. The van der Waals surface area contributed by atoms with Crippen molar-refractivity contribution < 1.29 is 0 Å². The SMILES string of the molecule is Cc1ccc(CC(NN)c2c(C)cccc2C)cc1. The van der Waals surface area contributed by atoms with Gasteiger partial charge in [0.2, 0.25) is 0 Å². The van der Waals surface area contributed by atoms with E-state index in [-0.39, 0.29) is 6.04 Å². The second-order valence-electron chi connectivity index (χ2n) is 5.21. The van der Waals surface area contributed by atoms with E-state index >= 15 is 0 Å². The van der Waals surface area contributed by atoms with Crippen molar-refractivity contribution in [1.29, 1.82) is 0 Å². The highest BCUT2D eigenvalue weighted by Gasteiger charge is 2.15. The lowest BCUT2D eigenvalue weighted by atomic mass is 9.92. The molecule has 0 saturated heterocycles. The van der Waals surface area contributed by atoms with Gasteiger partial charge in [-0.2, -0.15) is 0 Å². The molecule has 3 N–H and O–H groups in total. The second kappa shape index (κ2) is 6.00. The van der Waals surface area contributed by atoms with Crippen LogP contribution in [0.5, 0.6) is 0 Å². The molecule has 0 bridgehead atoms. The smallest absolute Gasteiger partial charge is 0.0505 e. The van der Waals surface area contributed by atoms with Crippen LogP contribution in [0.15, 0.2) is 42.5 Å². The summed E-state index contributed by atoms with van der Waals surface area (Å²) in [7, 11) is 0. The van der Waals surface area contributed by atoms with Crippen LogP contribution in [0.25, 0.3) is 0 Å². The Kier molecular flexibility index (Phi) is 4.35. The number of hydrazine groups is 1. The minimum absolute atomic E-state index is 0.156. The van der Waals surface area contributed by atoms with E-state index in [2.05, 4.69) is 68.7 Å². The largest absolute Gasteiger partial charge is 0.271 e. The van der Waals surface area contributed by atoms with Gasteiger partial charge in [0.25, 0.3) is 0 Å². The molecule has 0 aliphatic rings. The molecule has 0 aliphatic heterocycles. The van der Waals surface area contributed by atoms with E-state index in [0.29, 0.717) is 0 Å². The lowest BCUT2D eigenvalue weighted by Gasteiger charge is -2.21. The molecule has 19 heavy (non-hydrogen) atoms. The normalized spacial score (nSPS) is 12.4. The molecule has 0 spiro atoms. The number of benzene rings is 2. The van der Waals surface area contributed by atoms with E-state index in [4.69, 9.17) is 5.84 Å². The maximum atomic E-state index is 5.77. The van der Waals surface area contributed by atoms with Crippen LogP contribution in [-0.2, 0) is 6.42 Å². The Balaban J connectivity index is 2.27. The predicted octanol–water partition coefficient (Wildman–Crippen LogP) is 3.36. The fourth-order valence-corrected chi connectivity index (χ4v) is 2.58. The number of rotatable bonds is 4. The lowest BCUT2D eigenvalue weighted by molar-refractivity contribution is 0.547. The zero-order valence-electron chi connectivity index (χ0n) is 11.9. The summed E-state index contributed by atoms with van der Waals surface area (Å²) in [6.07, 6.45) is 0.905.